The molecule has 2 aromatic carbocycles. The maximum Gasteiger partial charge on any atom is 0.149 e. The van der Waals surface area contributed by atoms with E-state index in [-0.39, 0.29) is 12.5 Å². The number of nitrogens with zero attached hydrogens (tertiary/aromatic N) is 5. The van der Waals surface area contributed by atoms with Gasteiger partial charge >= 0.3 is 0 Å². The Bertz CT molecular complexity index is 1320. The minimum Gasteiger partial charge on any atom is -0.372 e. The molecule has 0 spiro atoms. The van der Waals surface area contributed by atoms with Crippen molar-refractivity contribution in [3.05, 3.63) is 84.0 Å². The number of likely N-dealkylation sites (N-methyl/N-ethyl adjacent to an activating group) is 2. The zero-order valence-electron chi connectivity index (χ0n) is 23.8. The molecule has 8 heteroatoms. The lowest BCUT2D eigenvalue weighted by Crippen LogP contribution is -2.29. The van der Waals surface area contributed by atoms with Gasteiger partial charge in [0, 0.05) is 55.4 Å². The number of rotatable bonds is 14. The third-order valence-electron chi connectivity index (χ3n) is 6.48. The molecular weight excluding hydrogens is 489 g/mol. The number of aryl methyl sites for hydroxylation is 1. The molecule has 0 atom stereocenters. The van der Waals surface area contributed by atoms with E-state index in [0.717, 1.165) is 53.4 Å². The smallest absolute Gasteiger partial charge is 0.149 e. The van der Waals surface area contributed by atoms with Crippen molar-refractivity contribution in [2.24, 2.45) is 15.0 Å². The van der Waals surface area contributed by atoms with Crippen molar-refractivity contribution in [1.82, 2.24) is 4.90 Å². The van der Waals surface area contributed by atoms with Crippen molar-refractivity contribution in [2.75, 3.05) is 56.4 Å². The van der Waals surface area contributed by atoms with Crippen LogP contribution in [0.15, 0.2) is 76.4 Å². The largest absolute Gasteiger partial charge is 0.372 e. The van der Waals surface area contributed by atoms with Crippen LogP contribution in [-0.2, 0) is 12.8 Å². The van der Waals surface area contributed by atoms with Gasteiger partial charge in [0.05, 0.1) is 17.1 Å². The van der Waals surface area contributed by atoms with Gasteiger partial charge in [0.2, 0.25) is 0 Å². The highest BCUT2D eigenvalue weighted by atomic mass is 19.1. The van der Waals surface area contributed by atoms with Gasteiger partial charge in [0.15, 0.2) is 0 Å². The average molecular weight is 530 g/mol. The molecule has 1 aliphatic heterocycles. The van der Waals surface area contributed by atoms with Gasteiger partial charge in [-0.15, -0.1) is 0 Å². The summed E-state index contributed by atoms with van der Waals surface area (Å²) in [5, 5.41) is 6.84. The lowest BCUT2D eigenvalue weighted by molar-refractivity contribution is 0.416. The van der Waals surface area contributed by atoms with Crippen LogP contribution < -0.4 is 15.5 Å². The van der Waals surface area contributed by atoms with E-state index < -0.39 is 0 Å². The molecule has 3 rings (SSSR count). The van der Waals surface area contributed by atoms with Crippen molar-refractivity contribution in [3.8, 4) is 0 Å². The Morgan fingerprint density at radius 1 is 1.15 bits per heavy atom. The number of allylic oxidation sites excluding steroid dienone is 2. The van der Waals surface area contributed by atoms with Gasteiger partial charge in [0.1, 0.15) is 18.2 Å². The highest BCUT2D eigenvalue weighted by Gasteiger charge is 2.18. The van der Waals surface area contributed by atoms with Crippen LogP contribution in [0, 0.1) is 5.82 Å². The summed E-state index contributed by atoms with van der Waals surface area (Å²) in [6.07, 6.45) is 6.47. The van der Waals surface area contributed by atoms with E-state index in [0.29, 0.717) is 29.1 Å². The van der Waals surface area contributed by atoms with E-state index in [1.807, 2.05) is 13.0 Å². The molecule has 0 aromatic heterocycles. The number of benzene rings is 2. The van der Waals surface area contributed by atoms with Crippen LogP contribution in [0.2, 0.25) is 0 Å². The Balaban J connectivity index is 1.92. The van der Waals surface area contributed by atoms with Crippen LogP contribution in [0.1, 0.15) is 30.5 Å². The lowest BCUT2D eigenvalue weighted by Gasteiger charge is -2.26. The zero-order chi connectivity index (χ0) is 28.5. The van der Waals surface area contributed by atoms with Gasteiger partial charge in [-0.2, -0.15) is 0 Å². The Morgan fingerprint density at radius 2 is 1.92 bits per heavy atom. The number of hydrogen-bond donors (Lipinski definition) is 2. The van der Waals surface area contributed by atoms with Crippen molar-refractivity contribution < 1.29 is 4.39 Å². The van der Waals surface area contributed by atoms with Crippen LogP contribution in [0.25, 0.3) is 0 Å². The standard InChI is InChI=1S/C31H40FN7/c1-9-21(3)36-29-19-28(23(10-2)18-30(29)39(8)14-13-38(6)7)35-20-34-27(11-12-33-5)24-16-25-15-22(4)37-31(25)26(32)17-24/h9,11-12,16-19,35-36H,1,3,5,10,13-15,20H2,2,4,6-8H3/b12-11-,34-27?. The fraction of sp³-hybridized carbons (Fsp3) is 0.323. The van der Waals surface area contributed by atoms with Crippen molar-refractivity contribution in [3.63, 3.8) is 0 Å². The van der Waals surface area contributed by atoms with E-state index in [9.17, 15) is 4.39 Å². The molecule has 2 aromatic rings. The number of halogens is 1. The van der Waals surface area contributed by atoms with Gasteiger partial charge in [-0.1, -0.05) is 20.1 Å². The maximum atomic E-state index is 14.8. The molecule has 0 bridgehead atoms. The van der Waals surface area contributed by atoms with E-state index in [1.54, 1.807) is 18.4 Å². The summed E-state index contributed by atoms with van der Waals surface area (Å²) in [7, 11) is 6.22. The first-order valence-corrected chi connectivity index (χ1v) is 13.1. The maximum absolute atomic E-state index is 14.8. The van der Waals surface area contributed by atoms with Crippen LogP contribution >= 0.6 is 0 Å². The predicted octanol–water partition coefficient (Wildman–Crippen LogP) is 6.22. The molecular formula is C31H40FN7. The second-order valence-electron chi connectivity index (χ2n) is 9.83. The molecule has 0 aliphatic carbocycles. The van der Waals surface area contributed by atoms with Crippen molar-refractivity contribution >= 4 is 40.9 Å². The summed E-state index contributed by atoms with van der Waals surface area (Å²) in [5.41, 5.74) is 8.31. The van der Waals surface area contributed by atoms with Gasteiger partial charge in [-0.05, 0) is 81.7 Å². The van der Waals surface area contributed by atoms with Crippen LogP contribution in [0.4, 0.5) is 27.1 Å². The quantitative estimate of drug-likeness (QED) is 0.225. The summed E-state index contributed by atoms with van der Waals surface area (Å²) < 4.78 is 14.8. The molecule has 1 aliphatic rings. The molecule has 0 saturated carbocycles. The van der Waals surface area contributed by atoms with E-state index in [2.05, 4.69) is 90.5 Å². The number of aliphatic imine (C=N–C) groups is 3. The number of fused-ring (bicyclic) bond motifs is 1. The van der Waals surface area contributed by atoms with E-state index in [1.165, 1.54) is 6.07 Å². The monoisotopic (exact) mass is 529 g/mol. The van der Waals surface area contributed by atoms with Gasteiger partial charge in [0.25, 0.3) is 0 Å². The molecule has 0 saturated heterocycles. The Hall–Kier alpha value is -4.04. The Kier molecular flexibility index (Phi) is 10.3. The molecule has 2 N–H and O–H groups in total. The topological polar surface area (TPSA) is 67.6 Å². The first-order valence-electron chi connectivity index (χ1n) is 13.1. The molecule has 206 valence electrons. The second kappa shape index (κ2) is 13.7. The second-order valence-corrected chi connectivity index (χ2v) is 9.83. The third kappa shape index (κ3) is 7.74. The normalized spacial score (nSPS) is 12.9. The van der Waals surface area contributed by atoms with E-state index >= 15 is 0 Å². The van der Waals surface area contributed by atoms with Crippen molar-refractivity contribution in [1.29, 1.82) is 0 Å². The molecule has 1 heterocycles. The first-order chi connectivity index (χ1) is 18.7. The highest BCUT2D eigenvalue weighted by Crippen LogP contribution is 2.34. The van der Waals surface area contributed by atoms with Crippen LogP contribution in [0.3, 0.4) is 0 Å². The fourth-order valence-corrected chi connectivity index (χ4v) is 4.34. The molecule has 0 radical (unpaired) electrons. The summed E-state index contributed by atoms with van der Waals surface area (Å²) in [4.78, 5) is 17.3. The molecule has 39 heavy (non-hydrogen) atoms. The SMILES string of the molecule is C=CC(=C)Nc1cc(NCN=C(/C=C\N=C)c2cc(F)c3c(c2)CC(C)=N3)c(CC)cc1N(C)CCN(C)C. The number of anilines is 3. The Labute approximate surface area is 232 Å². The summed E-state index contributed by atoms with van der Waals surface area (Å²) in [5.74, 6) is -0.347. The predicted molar refractivity (Wildman–Crippen MR) is 167 cm³/mol. The van der Waals surface area contributed by atoms with Gasteiger partial charge < -0.3 is 20.4 Å². The summed E-state index contributed by atoms with van der Waals surface area (Å²) in [6.45, 7) is 17.5. The van der Waals surface area contributed by atoms with E-state index in [4.69, 9.17) is 4.99 Å². The lowest BCUT2D eigenvalue weighted by atomic mass is 10.0. The molecule has 0 unspecified atom stereocenters. The van der Waals surface area contributed by atoms with Gasteiger partial charge in [-0.3, -0.25) is 15.0 Å². The number of hydrogen-bond acceptors (Lipinski definition) is 7. The van der Waals surface area contributed by atoms with Crippen LogP contribution in [0.5, 0.6) is 0 Å². The summed E-state index contributed by atoms with van der Waals surface area (Å²) >= 11 is 0. The molecule has 0 amide bonds. The molecule has 0 fully saturated rings. The number of nitrogens with one attached hydrogen (secondary N) is 2. The fourth-order valence-electron chi connectivity index (χ4n) is 4.34. The van der Waals surface area contributed by atoms with Crippen LogP contribution in [-0.4, -0.2) is 63.9 Å². The third-order valence-corrected chi connectivity index (χ3v) is 6.48. The minimum atomic E-state index is -0.347. The van der Waals surface area contributed by atoms with Gasteiger partial charge in [-0.25, -0.2) is 4.39 Å². The highest BCUT2D eigenvalue weighted by molar-refractivity contribution is 6.09. The molecule has 7 nitrogen and oxygen atoms in total. The summed E-state index contributed by atoms with van der Waals surface area (Å²) in [6, 6.07) is 7.71. The Morgan fingerprint density at radius 3 is 2.59 bits per heavy atom. The average Bonchev–Trinajstić information content (AvgIpc) is 3.29. The minimum absolute atomic E-state index is 0.287. The first kappa shape index (κ1) is 29.5. The zero-order valence-corrected chi connectivity index (χ0v) is 23.8. The van der Waals surface area contributed by atoms with Crippen molar-refractivity contribution in [2.45, 2.75) is 26.7 Å².